The molecule has 0 aliphatic heterocycles. The van der Waals surface area contributed by atoms with Crippen molar-refractivity contribution < 1.29 is 4.39 Å². The van der Waals surface area contributed by atoms with Gasteiger partial charge >= 0.3 is 0 Å². The Balaban J connectivity index is 1.71. The monoisotopic (exact) mass is 304 g/mol. The summed E-state index contributed by atoms with van der Waals surface area (Å²) in [6.07, 6.45) is 1.64. The van der Waals surface area contributed by atoms with Crippen LogP contribution in [0.4, 0.5) is 4.39 Å². The highest BCUT2D eigenvalue weighted by atomic mass is 35.5. The highest BCUT2D eigenvalue weighted by molar-refractivity contribution is 6.30. The molecule has 21 heavy (non-hydrogen) atoms. The second-order valence-electron chi connectivity index (χ2n) is 5.61. The number of rotatable bonds is 5. The molecule has 3 rings (SSSR count). The topological polar surface area (TPSA) is 38.0 Å². The lowest BCUT2D eigenvalue weighted by atomic mass is 9.99. The molecule has 4 heteroatoms. The van der Waals surface area contributed by atoms with E-state index < -0.39 is 0 Å². The molecule has 1 saturated carbocycles. The Bertz CT molecular complexity index is 617. The largest absolute Gasteiger partial charge is 0.271 e. The van der Waals surface area contributed by atoms with E-state index in [0.29, 0.717) is 23.8 Å². The molecule has 0 bridgehead atoms. The normalized spacial score (nSPS) is 22.0. The van der Waals surface area contributed by atoms with Gasteiger partial charge in [-0.15, -0.1) is 0 Å². The lowest BCUT2D eigenvalue weighted by Crippen LogP contribution is -2.39. The van der Waals surface area contributed by atoms with Gasteiger partial charge in [-0.1, -0.05) is 54.1 Å². The highest BCUT2D eigenvalue weighted by Gasteiger charge is 2.43. The first kappa shape index (κ1) is 14.5. The van der Waals surface area contributed by atoms with Crippen molar-refractivity contribution in [1.82, 2.24) is 5.43 Å². The lowest BCUT2D eigenvalue weighted by molar-refractivity contribution is 0.455. The third kappa shape index (κ3) is 3.10. The Morgan fingerprint density at radius 1 is 1.19 bits per heavy atom. The average Bonchev–Trinajstić information content (AvgIpc) is 3.30. The number of nitrogens with two attached hydrogens (primary N) is 1. The van der Waals surface area contributed by atoms with Gasteiger partial charge in [0.1, 0.15) is 5.82 Å². The molecule has 3 N–H and O–H groups in total. The third-order valence-corrected chi connectivity index (χ3v) is 4.56. The van der Waals surface area contributed by atoms with Crippen LogP contribution >= 0.6 is 11.6 Å². The maximum atomic E-state index is 14.0. The number of hydrazine groups is 1. The Morgan fingerprint density at radius 2 is 1.95 bits per heavy atom. The van der Waals surface area contributed by atoms with Crippen LogP contribution in [0, 0.1) is 11.7 Å². The van der Waals surface area contributed by atoms with E-state index in [0.717, 1.165) is 6.42 Å². The summed E-state index contributed by atoms with van der Waals surface area (Å²) in [5, 5.41) is 0.165. The van der Waals surface area contributed by atoms with Crippen LogP contribution in [-0.2, 0) is 6.42 Å². The number of nitrogens with one attached hydrogen (secondary N) is 1. The zero-order valence-electron chi connectivity index (χ0n) is 11.6. The van der Waals surface area contributed by atoms with Crippen molar-refractivity contribution in [2.75, 3.05) is 0 Å². The molecule has 0 aromatic heterocycles. The zero-order valence-corrected chi connectivity index (χ0v) is 12.4. The number of hydrogen-bond acceptors (Lipinski definition) is 2. The first-order valence-corrected chi connectivity index (χ1v) is 7.52. The minimum Gasteiger partial charge on any atom is -0.271 e. The van der Waals surface area contributed by atoms with E-state index in [9.17, 15) is 4.39 Å². The van der Waals surface area contributed by atoms with E-state index in [-0.39, 0.29) is 16.9 Å². The Morgan fingerprint density at radius 3 is 2.67 bits per heavy atom. The smallest absolute Gasteiger partial charge is 0.145 e. The van der Waals surface area contributed by atoms with Crippen LogP contribution in [0.3, 0.4) is 0 Å². The quantitative estimate of drug-likeness (QED) is 0.653. The SMILES string of the molecule is NNC(Cc1cccc(Cl)c1F)C1CC1c1ccccc1. The maximum Gasteiger partial charge on any atom is 0.145 e. The van der Waals surface area contributed by atoms with Crippen LogP contribution in [0.25, 0.3) is 0 Å². The van der Waals surface area contributed by atoms with Crippen molar-refractivity contribution in [3.8, 4) is 0 Å². The second kappa shape index (κ2) is 6.14. The fourth-order valence-electron chi connectivity index (χ4n) is 3.02. The third-order valence-electron chi connectivity index (χ3n) is 4.27. The maximum absolute atomic E-state index is 14.0. The first-order valence-electron chi connectivity index (χ1n) is 7.14. The predicted molar refractivity (Wildman–Crippen MR) is 83.5 cm³/mol. The van der Waals surface area contributed by atoms with Crippen LogP contribution in [0.1, 0.15) is 23.5 Å². The fraction of sp³-hybridized carbons (Fsp3) is 0.294. The van der Waals surface area contributed by atoms with E-state index >= 15 is 0 Å². The molecule has 1 fully saturated rings. The summed E-state index contributed by atoms with van der Waals surface area (Å²) in [4.78, 5) is 0. The Hall–Kier alpha value is -1.42. The standard InChI is InChI=1S/C17H18ClFN2/c18-15-8-4-7-12(17(15)19)9-16(21-20)14-10-13(14)11-5-2-1-3-6-11/h1-8,13-14,16,21H,9-10,20H2. The van der Waals surface area contributed by atoms with Crippen molar-refractivity contribution in [3.63, 3.8) is 0 Å². The second-order valence-corrected chi connectivity index (χ2v) is 6.01. The van der Waals surface area contributed by atoms with Crippen molar-refractivity contribution in [2.45, 2.75) is 24.8 Å². The predicted octanol–water partition coefficient (Wildman–Crippen LogP) is 3.66. The van der Waals surface area contributed by atoms with Crippen LogP contribution in [0.15, 0.2) is 48.5 Å². The molecule has 2 nitrogen and oxygen atoms in total. The van der Waals surface area contributed by atoms with Crippen molar-refractivity contribution in [3.05, 3.63) is 70.5 Å². The van der Waals surface area contributed by atoms with Crippen LogP contribution in [0.5, 0.6) is 0 Å². The van der Waals surface area contributed by atoms with Gasteiger partial charge in [0.05, 0.1) is 5.02 Å². The summed E-state index contributed by atoms with van der Waals surface area (Å²) in [7, 11) is 0. The molecule has 2 aromatic rings. The van der Waals surface area contributed by atoms with Gasteiger partial charge in [0.2, 0.25) is 0 Å². The molecule has 0 spiro atoms. The summed E-state index contributed by atoms with van der Waals surface area (Å²) in [6.45, 7) is 0. The first-order chi connectivity index (χ1) is 10.2. The van der Waals surface area contributed by atoms with E-state index in [4.69, 9.17) is 17.4 Å². The minimum atomic E-state index is -0.337. The van der Waals surface area contributed by atoms with Gasteiger partial charge < -0.3 is 0 Å². The molecule has 1 aliphatic carbocycles. The zero-order chi connectivity index (χ0) is 14.8. The molecule has 3 unspecified atom stereocenters. The van der Waals surface area contributed by atoms with Gasteiger partial charge in [-0.25, -0.2) is 4.39 Å². The number of hydrogen-bond donors (Lipinski definition) is 2. The number of benzene rings is 2. The molecule has 110 valence electrons. The van der Waals surface area contributed by atoms with Crippen LogP contribution in [0.2, 0.25) is 5.02 Å². The molecule has 0 radical (unpaired) electrons. The lowest BCUT2D eigenvalue weighted by Gasteiger charge is -2.17. The molecule has 2 aromatic carbocycles. The van der Waals surface area contributed by atoms with Crippen LogP contribution in [-0.4, -0.2) is 6.04 Å². The highest BCUT2D eigenvalue weighted by Crippen LogP contribution is 2.50. The molecular formula is C17H18ClFN2. The average molecular weight is 305 g/mol. The minimum absolute atomic E-state index is 0.0585. The molecule has 1 aliphatic rings. The van der Waals surface area contributed by atoms with Gasteiger partial charge in [0, 0.05) is 6.04 Å². The van der Waals surface area contributed by atoms with Gasteiger partial charge in [0.25, 0.3) is 0 Å². The van der Waals surface area contributed by atoms with Gasteiger partial charge in [0.15, 0.2) is 0 Å². The summed E-state index contributed by atoms with van der Waals surface area (Å²) in [6, 6.07) is 15.6. The fourth-order valence-corrected chi connectivity index (χ4v) is 3.21. The summed E-state index contributed by atoms with van der Waals surface area (Å²) >= 11 is 5.83. The molecule has 0 heterocycles. The molecular weight excluding hydrogens is 287 g/mol. The van der Waals surface area contributed by atoms with E-state index in [1.54, 1.807) is 18.2 Å². The van der Waals surface area contributed by atoms with Gasteiger partial charge in [-0.3, -0.25) is 11.3 Å². The molecule has 0 amide bonds. The van der Waals surface area contributed by atoms with E-state index in [1.807, 2.05) is 18.2 Å². The van der Waals surface area contributed by atoms with Gasteiger partial charge in [-0.2, -0.15) is 0 Å². The van der Waals surface area contributed by atoms with E-state index in [1.165, 1.54) is 5.56 Å². The summed E-state index contributed by atoms with van der Waals surface area (Å²) < 4.78 is 14.0. The van der Waals surface area contributed by atoms with Crippen molar-refractivity contribution in [2.24, 2.45) is 11.8 Å². The van der Waals surface area contributed by atoms with Crippen molar-refractivity contribution >= 4 is 11.6 Å². The van der Waals surface area contributed by atoms with Crippen LogP contribution < -0.4 is 11.3 Å². The number of halogens is 2. The van der Waals surface area contributed by atoms with Crippen molar-refractivity contribution in [1.29, 1.82) is 0 Å². The summed E-state index contributed by atoms with van der Waals surface area (Å²) in [5.74, 6) is 6.30. The summed E-state index contributed by atoms with van der Waals surface area (Å²) in [5.41, 5.74) is 4.79. The van der Waals surface area contributed by atoms with Gasteiger partial charge in [-0.05, 0) is 41.9 Å². The van der Waals surface area contributed by atoms with E-state index in [2.05, 4.69) is 17.6 Å². The molecule has 3 atom stereocenters. The Kier molecular flexibility index (Phi) is 4.24. The Labute approximate surface area is 129 Å². The molecule has 0 saturated heterocycles.